The summed E-state index contributed by atoms with van der Waals surface area (Å²) in [6.07, 6.45) is 0.370. The maximum Gasteiger partial charge on any atom is 0.214 e. The van der Waals surface area contributed by atoms with Crippen molar-refractivity contribution in [2.75, 3.05) is 0 Å². The van der Waals surface area contributed by atoms with Gasteiger partial charge >= 0.3 is 0 Å². The molecule has 0 amide bonds. The molecule has 1 rings (SSSR count). The molecule has 5 nitrogen and oxygen atoms in total. The monoisotopic (exact) mass is 230 g/mol. The number of aliphatic hydroxyl groups excluding tert-OH is 1. The second kappa shape index (κ2) is 4.26. The van der Waals surface area contributed by atoms with Crippen LogP contribution in [0.2, 0.25) is 0 Å². The summed E-state index contributed by atoms with van der Waals surface area (Å²) in [6.45, 7) is 3.20. The lowest BCUT2D eigenvalue weighted by Crippen LogP contribution is -2.31. The Balaban J connectivity index is 2.95. The minimum Gasteiger partial charge on any atom is -0.385 e. The highest BCUT2D eigenvalue weighted by atomic mass is 32.2. The molecule has 0 aliphatic carbocycles. The van der Waals surface area contributed by atoms with E-state index in [-0.39, 0.29) is 0 Å². The Kier molecular flexibility index (Phi) is 3.43. The predicted molar refractivity (Wildman–Crippen MR) is 56.5 cm³/mol. The second-order valence-corrected chi connectivity index (χ2v) is 5.42. The van der Waals surface area contributed by atoms with E-state index < -0.39 is 21.4 Å². The number of aliphatic hydroxyl groups is 1. The molecule has 84 valence electrons. The molecular formula is C9H14N2O3S. The lowest BCUT2D eigenvalue weighted by molar-refractivity contribution is 0.171. The van der Waals surface area contributed by atoms with E-state index in [1.54, 1.807) is 18.3 Å². The van der Waals surface area contributed by atoms with E-state index in [0.29, 0.717) is 5.69 Å². The van der Waals surface area contributed by atoms with Gasteiger partial charge in [0.25, 0.3) is 0 Å². The molecule has 0 aliphatic rings. The quantitative estimate of drug-likeness (QED) is 0.770. The van der Waals surface area contributed by atoms with Crippen LogP contribution in [-0.4, -0.2) is 23.8 Å². The number of primary sulfonamides is 1. The highest BCUT2D eigenvalue weighted by molar-refractivity contribution is 7.89. The third kappa shape index (κ3) is 2.98. The number of pyridine rings is 1. The van der Waals surface area contributed by atoms with Crippen molar-refractivity contribution in [3.8, 4) is 0 Å². The molecular weight excluding hydrogens is 216 g/mol. The number of rotatable bonds is 3. The minimum absolute atomic E-state index is 0.308. The van der Waals surface area contributed by atoms with Gasteiger partial charge in [-0.2, -0.15) is 0 Å². The van der Waals surface area contributed by atoms with E-state index in [2.05, 4.69) is 4.98 Å². The Labute approximate surface area is 89.0 Å². The third-order valence-corrected chi connectivity index (χ3v) is 3.49. The molecule has 1 aromatic heterocycles. The van der Waals surface area contributed by atoms with Crippen molar-refractivity contribution in [2.24, 2.45) is 5.14 Å². The normalized spacial score (nSPS) is 16.0. The molecule has 0 bridgehead atoms. The number of aryl methyl sites for hydroxylation is 1. The summed E-state index contributed by atoms with van der Waals surface area (Å²) in [5.41, 5.74) is 1.25. The smallest absolute Gasteiger partial charge is 0.214 e. The van der Waals surface area contributed by atoms with Gasteiger partial charge < -0.3 is 5.11 Å². The number of hydrogen-bond donors (Lipinski definition) is 2. The van der Waals surface area contributed by atoms with Crippen molar-refractivity contribution in [1.82, 2.24) is 4.98 Å². The van der Waals surface area contributed by atoms with Crippen molar-refractivity contribution in [3.63, 3.8) is 0 Å². The summed E-state index contributed by atoms with van der Waals surface area (Å²) in [7, 11) is -3.75. The van der Waals surface area contributed by atoms with Gasteiger partial charge in [-0.3, -0.25) is 4.98 Å². The first-order chi connectivity index (χ1) is 6.82. The van der Waals surface area contributed by atoms with Crippen LogP contribution in [0.1, 0.15) is 24.3 Å². The summed E-state index contributed by atoms with van der Waals surface area (Å²) in [5, 5.41) is 13.6. The second-order valence-electron chi connectivity index (χ2n) is 3.50. The van der Waals surface area contributed by atoms with Crippen molar-refractivity contribution < 1.29 is 13.5 Å². The topological polar surface area (TPSA) is 93.3 Å². The minimum atomic E-state index is -3.75. The predicted octanol–water partition coefficient (Wildman–Crippen LogP) is 0.100. The Bertz CT molecular complexity index is 427. The first-order valence-electron chi connectivity index (χ1n) is 4.44. The fourth-order valence-corrected chi connectivity index (χ4v) is 1.57. The number of hydrogen-bond acceptors (Lipinski definition) is 4. The molecule has 0 saturated carbocycles. The van der Waals surface area contributed by atoms with Gasteiger partial charge in [0.05, 0.1) is 5.69 Å². The molecule has 6 heteroatoms. The van der Waals surface area contributed by atoms with Crippen LogP contribution in [0.3, 0.4) is 0 Å². The standard InChI is InChI=1S/C9H14N2O3S/c1-6-3-4-8(11-5-6)9(12)7(2)15(10,13)14/h3-5,7,9,12H,1-2H3,(H2,10,13,14)/t7-,9-/m0/s1. The molecule has 3 N–H and O–H groups in total. The van der Waals surface area contributed by atoms with Crippen LogP contribution < -0.4 is 5.14 Å². The lowest BCUT2D eigenvalue weighted by Gasteiger charge is -2.16. The molecule has 0 fully saturated rings. The Morgan fingerprint density at radius 1 is 1.47 bits per heavy atom. The SMILES string of the molecule is Cc1ccc([C@@H](O)[C@H](C)S(N)(=O)=O)nc1. The molecule has 1 aromatic rings. The van der Waals surface area contributed by atoms with Gasteiger partial charge in [0.2, 0.25) is 10.0 Å². The highest BCUT2D eigenvalue weighted by Gasteiger charge is 2.26. The van der Waals surface area contributed by atoms with E-state index in [0.717, 1.165) is 5.56 Å². The fraction of sp³-hybridized carbons (Fsp3) is 0.444. The van der Waals surface area contributed by atoms with E-state index in [4.69, 9.17) is 5.14 Å². The van der Waals surface area contributed by atoms with E-state index >= 15 is 0 Å². The van der Waals surface area contributed by atoms with Crippen LogP contribution in [0.15, 0.2) is 18.3 Å². The average molecular weight is 230 g/mol. The zero-order chi connectivity index (χ0) is 11.6. The van der Waals surface area contributed by atoms with Gasteiger partial charge in [0, 0.05) is 6.20 Å². The van der Waals surface area contributed by atoms with Crippen molar-refractivity contribution in [2.45, 2.75) is 25.2 Å². The van der Waals surface area contributed by atoms with E-state index in [1.807, 2.05) is 6.92 Å². The van der Waals surface area contributed by atoms with E-state index in [1.165, 1.54) is 6.92 Å². The number of nitrogens with two attached hydrogens (primary N) is 1. The first-order valence-corrected chi connectivity index (χ1v) is 6.05. The summed E-state index contributed by atoms with van der Waals surface area (Å²) in [6, 6.07) is 3.34. The Morgan fingerprint density at radius 2 is 2.07 bits per heavy atom. The largest absolute Gasteiger partial charge is 0.385 e. The molecule has 0 saturated heterocycles. The van der Waals surface area contributed by atoms with Gasteiger partial charge in [-0.1, -0.05) is 6.07 Å². The molecule has 15 heavy (non-hydrogen) atoms. The van der Waals surface area contributed by atoms with E-state index in [9.17, 15) is 13.5 Å². The van der Waals surface area contributed by atoms with Gasteiger partial charge in [0.15, 0.2) is 0 Å². The maximum atomic E-state index is 11.0. The van der Waals surface area contributed by atoms with Crippen LogP contribution in [-0.2, 0) is 10.0 Å². The highest BCUT2D eigenvalue weighted by Crippen LogP contribution is 2.18. The molecule has 0 aliphatic heterocycles. The van der Waals surface area contributed by atoms with Crippen molar-refractivity contribution in [3.05, 3.63) is 29.6 Å². The molecule has 0 radical (unpaired) electrons. The maximum absolute atomic E-state index is 11.0. The van der Waals surface area contributed by atoms with Crippen LogP contribution in [0.25, 0.3) is 0 Å². The number of nitrogens with zero attached hydrogens (tertiary/aromatic N) is 1. The molecule has 0 spiro atoms. The Morgan fingerprint density at radius 3 is 2.47 bits per heavy atom. The summed E-state index contributed by atoms with van der Waals surface area (Å²) in [5.74, 6) is 0. The van der Waals surface area contributed by atoms with Crippen molar-refractivity contribution in [1.29, 1.82) is 0 Å². The van der Waals surface area contributed by atoms with Gasteiger partial charge in [-0.15, -0.1) is 0 Å². The lowest BCUT2D eigenvalue weighted by atomic mass is 10.1. The van der Waals surface area contributed by atoms with Crippen LogP contribution in [0, 0.1) is 6.92 Å². The van der Waals surface area contributed by atoms with Crippen LogP contribution in [0.4, 0.5) is 0 Å². The fourth-order valence-electron chi connectivity index (χ4n) is 1.07. The zero-order valence-corrected chi connectivity index (χ0v) is 9.40. The van der Waals surface area contributed by atoms with Crippen LogP contribution >= 0.6 is 0 Å². The average Bonchev–Trinajstić information content (AvgIpc) is 2.15. The molecule has 1 heterocycles. The van der Waals surface area contributed by atoms with Crippen LogP contribution in [0.5, 0.6) is 0 Å². The number of aromatic nitrogens is 1. The molecule has 0 unspecified atom stereocenters. The zero-order valence-electron chi connectivity index (χ0n) is 8.58. The van der Waals surface area contributed by atoms with Gasteiger partial charge in [0.1, 0.15) is 11.4 Å². The van der Waals surface area contributed by atoms with Gasteiger partial charge in [-0.25, -0.2) is 13.6 Å². The third-order valence-electron chi connectivity index (χ3n) is 2.20. The summed E-state index contributed by atoms with van der Waals surface area (Å²) >= 11 is 0. The van der Waals surface area contributed by atoms with Gasteiger partial charge in [-0.05, 0) is 25.5 Å². The molecule has 0 aromatic carbocycles. The summed E-state index contributed by atoms with van der Waals surface area (Å²) < 4.78 is 22.0. The van der Waals surface area contributed by atoms with Crippen molar-refractivity contribution >= 4 is 10.0 Å². The molecule has 2 atom stereocenters. The first kappa shape index (κ1) is 12.1. The summed E-state index contributed by atoms with van der Waals surface area (Å²) in [4.78, 5) is 3.94. The Hall–Kier alpha value is -0.980. The number of sulfonamides is 1.